The summed E-state index contributed by atoms with van der Waals surface area (Å²) in [5.41, 5.74) is 4.59. The van der Waals surface area contributed by atoms with Crippen LogP contribution < -0.4 is 16.6 Å². The first-order valence-electron chi connectivity index (χ1n) is 6.31. The van der Waals surface area contributed by atoms with Crippen LogP contribution in [0, 0.1) is 11.3 Å². The van der Waals surface area contributed by atoms with E-state index < -0.39 is 0 Å². The molecule has 0 spiro atoms. The molecule has 3 rings (SSSR count). The highest BCUT2D eigenvalue weighted by molar-refractivity contribution is 5.91. The highest BCUT2D eigenvalue weighted by atomic mass is 15.3. The monoisotopic (exact) mass is 276 g/mol. The molecule has 0 saturated heterocycles. The van der Waals surface area contributed by atoms with Gasteiger partial charge in [0, 0.05) is 11.1 Å². The van der Waals surface area contributed by atoms with Crippen LogP contribution in [0.3, 0.4) is 0 Å². The molecular weight excluding hydrogens is 264 g/mol. The van der Waals surface area contributed by atoms with E-state index in [1.165, 1.54) is 0 Å². The molecule has 6 nitrogen and oxygen atoms in total. The molecule has 0 radical (unpaired) electrons. The maximum absolute atomic E-state index is 8.95. The minimum absolute atomic E-state index is 0.327. The number of anilines is 3. The van der Waals surface area contributed by atoms with Crippen LogP contribution in [-0.2, 0) is 0 Å². The summed E-state index contributed by atoms with van der Waals surface area (Å²) < 4.78 is 0. The number of aromatic nitrogens is 2. The number of nitrogens with zero attached hydrogens (tertiary/aromatic N) is 3. The van der Waals surface area contributed by atoms with Crippen LogP contribution in [0.25, 0.3) is 10.9 Å². The number of para-hydroxylation sites is 1. The lowest BCUT2D eigenvalue weighted by molar-refractivity contribution is 1.15. The number of hydrogen-bond donors (Lipinski definition) is 3. The third-order valence-electron chi connectivity index (χ3n) is 2.99. The molecule has 1 aromatic heterocycles. The molecule has 4 N–H and O–H groups in total. The predicted octanol–water partition coefficient (Wildman–Crippen LogP) is 2.53. The quantitative estimate of drug-likeness (QED) is 0.502. The standard InChI is InChI=1S/C15H12N6/c16-9-10-4-3-5-11(8-10)18-14-12-6-1-2-7-13(12)19-15(20-14)21-17/h1-8H,17H2,(H2,18,19,20,21). The average molecular weight is 276 g/mol. The van der Waals surface area contributed by atoms with Crippen molar-refractivity contribution in [2.24, 2.45) is 5.84 Å². The van der Waals surface area contributed by atoms with Crippen molar-refractivity contribution in [3.63, 3.8) is 0 Å². The van der Waals surface area contributed by atoms with E-state index >= 15 is 0 Å². The van der Waals surface area contributed by atoms with Crippen molar-refractivity contribution in [3.8, 4) is 6.07 Å². The maximum atomic E-state index is 8.95. The smallest absolute Gasteiger partial charge is 0.239 e. The Bertz CT molecular complexity index is 837. The van der Waals surface area contributed by atoms with Gasteiger partial charge in [0.1, 0.15) is 5.82 Å². The molecule has 0 aliphatic heterocycles. The third kappa shape index (κ3) is 2.59. The highest BCUT2D eigenvalue weighted by Gasteiger charge is 2.07. The van der Waals surface area contributed by atoms with E-state index in [4.69, 9.17) is 11.1 Å². The number of nitrogens with one attached hydrogen (secondary N) is 2. The highest BCUT2D eigenvalue weighted by Crippen LogP contribution is 2.25. The zero-order valence-corrected chi connectivity index (χ0v) is 11.0. The van der Waals surface area contributed by atoms with E-state index in [9.17, 15) is 0 Å². The molecule has 0 fully saturated rings. The minimum Gasteiger partial charge on any atom is -0.340 e. The number of fused-ring (bicyclic) bond motifs is 1. The maximum Gasteiger partial charge on any atom is 0.239 e. The molecule has 102 valence electrons. The van der Waals surface area contributed by atoms with E-state index in [1.807, 2.05) is 36.4 Å². The Balaban J connectivity index is 2.08. The summed E-state index contributed by atoms with van der Waals surface area (Å²) in [7, 11) is 0. The number of rotatable bonds is 3. The summed E-state index contributed by atoms with van der Waals surface area (Å²) in [4.78, 5) is 8.62. The van der Waals surface area contributed by atoms with Crippen molar-refractivity contribution >= 4 is 28.4 Å². The number of benzene rings is 2. The van der Waals surface area contributed by atoms with Crippen LogP contribution >= 0.6 is 0 Å². The number of hydrazine groups is 1. The molecule has 2 aromatic carbocycles. The first kappa shape index (κ1) is 12.8. The molecule has 0 aliphatic rings. The summed E-state index contributed by atoms with van der Waals surface area (Å²) in [6, 6.07) is 16.9. The van der Waals surface area contributed by atoms with Gasteiger partial charge in [0.25, 0.3) is 0 Å². The summed E-state index contributed by atoms with van der Waals surface area (Å²) in [5.74, 6) is 6.36. The van der Waals surface area contributed by atoms with Gasteiger partial charge in [-0.05, 0) is 30.3 Å². The van der Waals surface area contributed by atoms with Crippen LogP contribution in [-0.4, -0.2) is 9.97 Å². The van der Waals surface area contributed by atoms with Crippen molar-refractivity contribution in [2.45, 2.75) is 0 Å². The Hall–Kier alpha value is -3.17. The number of nitrogen functional groups attached to an aromatic ring is 1. The SMILES string of the molecule is N#Cc1cccc(Nc2nc(NN)nc3ccccc23)c1. The fraction of sp³-hybridized carbons (Fsp3) is 0. The minimum atomic E-state index is 0.327. The normalized spacial score (nSPS) is 10.1. The van der Waals surface area contributed by atoms with Crippen molar-refractivity contribution in [3.05, 3.63) is 54.1 Å². The first-order valence-corrected chi connectivity index (χ1v) is 6.31. The van der Waals surface area contributed by atoms with E-state index in [-0.39, 0.29) is 0 Å². The summed E-state index contributed by atoms with van der Waals surface area (Å²) in [5, 5.41) is 13.0. The van der Waals surface area contributed by atoms with Gasteiger partial charge in [-0.2, -0.15) is 10.2 Å². The van der Waals surface area contributed by atoms with Gasteiger partial charge in [-0.1, -0.05) is 18.2 Å². The van der Waals surface area contributed by atoms with E-state index in [0.717, 1.165) is 16.6 Å². The van der Waals surface area contributed by atoms with E-state index in [2.05, 4.69) is 26.8 Å². The van der Waals surface area contributed by atoms with E-state index in [1.54, 1.807) is 12.1 Å². The zero-order valence-electron chi connectivity index (χ0n) is 11.0. The molecular formula is C15H12N6. The van der Waals surface area contributed by atoms with Gasteiger partial charge in [0.15, 0.2) is 0 Å². The Morgan fingerprint density at radius 2 is 1.90 bits per heavy atom. The lowest BCUT2D eigenvalue weighted by Crippen LogP contribution is -2.11. The van der Waals surface area contributed by atoms with Crippen LogP contribution in [0.4, 0.5) is 17.5 Å². The first-order chi connectivity index (χ1) is 10.3. The van der Waals surface area contributed by atoms with Crippen LogP contribution in [0.15, 0.2) is 48.5 Å². The second kappa shape index (κ2) is 5.45. The van der Waals surface area contributed by atoms with Crippen LogP contribution in [0.5, 0.6) is 0 Å². The summed E-state index contributed by atoms with van der Waals surface area (Å²) in [6.07, 6.45) is 0. The van der Waals surface area contributed by atoms with Gasteiger partial charge in [0.2, 0.25) is 5.95 Å². The number of nitriles is 1. The molecule has 0 unspecified atom stereocenters. The zero-order chi connectivity index (χ0) is 14.7. The van der Waals surface area contributed by atoms with Gasteiger partial charge in [-0.3, -0.25) is 5.43 Å². The fourth-order valence-corrected chi connectivity index (χ4v) is 2.04. The molecule has 1 heterocycles. The van der Waals surface area contributed by atoms with Crippen LogP contribution in [0.1, 0.15) is 5.56 Å². The lowest BCUT2D eigenvalue weighted by atomic mass is 10.2. The lowest BCUT2D eigenvalue weighted by Gasteiger charge is -2.10. The average Bonchev–Trinajstić information content (AvgIpc) is 2.55. The number of nitrogens with two attached hydrogens (primary N) is 1. The van der Waals surface area contributed by atoms with Crippen molar-refractivity contribution in [1.29, 1.82) is 5.26 Å². The Kier molecular flexibility index (Phi) is 3.33. The Morgan fingerprint density at radius 3 is 2.71 bits per heavy atom. The molecule has 21 heavy (non-hydrogen) atoms. The van der Waals surface area contributed by atoms with Gasteiger partial charge in [0.05, 0.1) is 17.1 Å². The molecule has 6 heteroatoms. The largest absolute Gasteiger partial charge is 0.340 e. The van der Waals surface area contributed by atoms with Gasteiger partial charge < -0.3 is 5.32 Å². The second-order valence-electron chi connectivity index (χ2n) is 4.37. The number of hydrogen-bond acceptors (Lipinski definition) is 6. The van der Waals surface area contributed by atoms with E-state index in [0.29, 0.717) is 17.3 Å². The summed E-state index contributed by atoms with van der Waals surface area (Å²) in [6.45, 7) is 0. The molecule has 3 aromatic rings. The predicted molar refractivity (Wildman–Crippen MR) is 81.8 cm³/mol. The summed E-state index contributed by atoms with van der Waals surface area (Å²) >= 11 is 0. The third-order valence-corrected chi connectivity index (χ3v) is 2.99. The fourth-order valence-electron chi connectivity index (χ4n) is 2.04. The molecule has 0 saturated carbocycles. The Morgan fingerprint density at radius 1 is 1.05 bits per heavy atom. The van der Waals surface area contributed by atoms with Crippen molar-refractivity contribution in [2.75, 3.05) is 10.7 Å². The molecule has 0 bridgehead atoms. The second-order valence-corrected chi connectivity index (χ2v) is 4.37. The molecule has 0 aliphatic carbocycles. The van der Waals surface area contributed by atoms with Gasteiger partial charge in [-0.25, -0.2) is 10.8 Å². The molecule has 0 amide bonds. The van der Waals surface area contributed by atoms with Crippen molar-refractivity contribution < 1.29 is 0 Å². The topological polar surface area (TPSA) is 99.7 Å². The van der Waals surface area contributed by atoms with Gasteiger partial charge in [-0.15, -0.1) is 0 Å². The molecule has 0 atom stereocenters. The van der Waals surface area contributed by atoms with Crippen LogP contribution in [0.2, 0.25) is 0 Å². The Labute approximate surface area is 121 Å². The van der Waals surface area contributed by atoms with Crippen molar-refractivity contribution in [1.82, 2.24) is 9.97 Å². The van der Waals surface area contributed by atoms with Gasteiger partial charge >= 0.3 is 0 Å².